The van der Waals surface area contributed by atoms with Gasteiger partial charge in [0.2, 0.25) is 5.91 Å². The van der Waals surface area contributed by atoms with Gasteiger partial charge in [-0.15, -0.1) is 24.0 Å². The third-order valence-corrected chi connectivity index (χ3v) is 6.28. The Morgan fingerprint density at radius 1 is 1.17 bits per heavy atom. The summed E-state index contributed by atoms with van der Waals surface area (Å²) in [6.45, 7) is 6.17. The van der Waals surface area contributed by atoms with Gasteiger partial charge >= 0.3 is 0 Å². The molecule has 7 heteroatoms. The Bertz CT molecular complexity index is 687. The van der Waals surface area contributed by atoms with E-state index in [0.717, 1.165) is 50.8 Å². The number of aliphatic imine (C=N–C) groups is 1. The van der Waals surface area contributed by atoms with Gasteiger partial charge in [0.15, 0.2) is 5.96 Å². The van der Waals surface area contributed by atoms with Crippen molar-refractivity contribution in [2.75, 3.05) is 38.3 Å². The summed E-state index contributed by atoms with van der Waals surface area (Å²) in [6.07, 6.45) is 7.88. The maximum Gasteiger partial charge on any atom is 0.227 e. The summed E-state index contributed by atoms with van der Waals surface area (Å²) in [6, 6.07) is 8.25. The maximum atomic E-state index is 11.9. The highest BCUT2D eigenvalue weighted by atomic mass is 127. The standard InChI is InChI=1S/C23H36N4O2.HI/c1-3-29-16-14-23(12-4-5-13-23)18-26-22(24-2)25-17-19-8-10-20(11-9-19)27-15-6-7-21(27)28;/h8-11H,3-7,12-18H2,1-2H3,(H2,24,25,26);1H. The van der Waals surface area contributed by atoms with Crippen molar-refractivity contribution >= 4 is 41.5 Å². The fourth-order valence-electron chi connectivity index (χ4n) is 4.47. The van der Waals surface area contributed by atoms with Crippen LogP contribution in [0.4, 0.5) is 5.69 Å². The van der Waals surface area contributed by atoms with Gasteiger partial charge in [0.25, 0.3) is 0 Å². The van der Waals surface area contributed by atoms with E-state index < -0.39 is 0 Å². The van der Waals surface area contributed by atoms with Gasteiger partial charge in [-0.2, -0.15) is 0 Å². The molecule has 1 aromatic carbocycles. The molecule has 1 aliphatic carbocycles. The quantitative estimate of drug-likeness (QED) is 0.220. The van der Waals surface area contributed by atoms with Crippen LogP contribution in [-0.4, -0.2) is 45.2 Å². The highest BCUT2D eigenvalue weighted by molar-refractivity contribution is 14.0. The van der Waals surface area contributed by atoms with Crippen molar-refractivity contribution in [2.45, 2.75) is 58.4 Å². The number of nitrogens with zero attached hydrogens (tertiary/aromatic N) is 2. The molecule has 1 amide bonds. The molecule has 0 unspecified atom stereocenters. The van der Waals surface area contributed by atoms with Gasteiger partial charge in [0, 0.05) is 52.0 Å². The molecule has 1 saturated carbocycles. The number of hydrogen-bond acceptors (Lipinski definition) is 3. The Morgan fingerprint density at radius 2 is 1.90 bits per heavy atom. The Balaban J connectivity index is 0.00000320. The lowest BCUT2D eigenvalue weighted by Gasteiger charge is -2.30. The average Bonchev–Trinajstić information content (AvgIpc) is 3.38. The molecule has 0 bridgehead atoms. The van der Waals surface area contributed by atoms with Gasteiger partial charge in [0.05, 0.1) is 0 Å². The molecule has 1 aliphatic heterocycles. The van der Waals surface area contributed by atoms with E-state index in [1.807, 2.05) is 24.1 Å². The average molecular weight is 528 g/mol. The van der Waals surface area contributed by atoms with Crippen molar-refractivity contribution < 1.29 is 9.53 Å². The minimum absolute atomic E-state index is 0. The first-order valence-corrected chi connectivity index (χ1v) is 11.1. The van der Waals surface area contributed by atoms with Crippen LogP contribution in [0.3, 0.4) is 0 Å². The van der Waals surface area contributed by atoms with Gasteiger partial charge in [-0.3, -0.25) is 9.79 Å². The van der Waals surface area contributed by atoms with Crippen LogP contribution >= 0.6 is 24.0 Å². The number of guanidine groups is 1. The molecular formula is C23H37IN4O2. The molecule has 0 atom stereocenters. The van der Waals surface area contributed by atoms with Crippen LogP contribution in [-0.2, 0) is 16.1 Å². The van der Waals surface area contributed by atoms with E-state index in [-0.39, 0.29) is 29.9 Å². The number of ether oxygens (including phenoxy) is 1. The Morgan fingerprint density at radius 3 is 2.50 bits per heavy atom. The lowest BCUT2D eigenvalue weighted by atomic mass is 9.83. The van der Waals surface area contributed by atoms with Crippen LogP contribution in [0, 0.1) is 5.41 Å². The predicted octanol–water partition coefficient (Wildman–Crippen LogP) is 4.08. The monoisotopic (exact) mass is 528 g/mol. The first-order chi connectivity index (χ1) is 14.2. The van der Waals surface area contributed by atoms with Crippen LogP contribution in [0.25, 0.3) is 0 Å². The molecule has 0 radical (unpaired) electrons. The van der Waals surface area contributed by atoms with E-state index in [0.29, 0.717) is 18.4 Å². The number of carbonyl (C=O) groups excluding carboxylic acids is 1. The zero-order valence-electron chi connectivity index (χ0n) is 18.4. The fourth-order valence-corrected chi connectivity index (χ4v) is 4.47. The molecule has 30 heavy (non-hydrogen) atoms. The fraction of sp³-hybridized carbons (Fsp3) is 0.652. The third kappa shape index (κ3) is 6.83. The minimum Gasteiger partial charge on any atom is -0.382 e. The molecule has 2 N–H and O–H groups in total. The highest BCUT2D eigenvalue weighted by Gasteiger charge is 2.33. The van der Waals surface area contributed by atoms with Gasteiger partial charge < -0.3 is 20.3 Å². The zero-order chi connectivity index (χ0) is 20.5. The van der Waals surface area contributed by atoms with E-state index >= 15 is 0 Å². The number of benzene rings is 1. The van der Waals surface area contributed by atoms with Crippen LogP contribution in [0.2, 0.25) is 0 Å². The number of hydrogen-bond donors (Lipinski definition) is 2. The molecule has 2 fully saturated rings. The van der Waals surface area contributed by atoms with Gasteiger partial charge in [0.1, 0.15) is 0 Å². The molecule has 168 valence electrons. The number of rotatable bonds is 9. The topological polar surface area (TPSA) is 66.0 Å². The first kappa shape index (κ1) is 24.9. The molecule has 6 nitrogen and oxygen atoms in total. The molecule has 0 aromatic heterocycles. The first-order valence-electron chi connectivity index (χ1n) is 11.1. The lowest BCUT2D eigenvalue weighted by Crippen LogP contribution is -2.43. The summed E-state index contributed by atoms with van der Waals surface area (Å²) in [5.74, 6) is 1.07. The van der Waals surface area contributed by atoms with Gasteiger partial charge in [-0.1, -0.05) is 25.0 Å². The summed E-state index contributed by atoms with van der Waals surface area (Å²) in [5, 5.41) is 6.96. The van der Waals surface area contributed by atoms with Gasteiger partial charge in [-0.05, 0) is 55.7 Å². The minimum atomic E-state index is 0. The number of nitrogens with one attached hydrogen (secondary N) is 2. The molecule has 1 saturated heterocycles. The third-order valence-electron chi connectivity index (χ3n) is 6.28. The smallest absolute Gasteiger partial charge is 0.227 e. The number of halogens is 1. The lowest BCUT2D eigenvalue weighted by molar-refractivity contribution is -0.117. The van der Waals surface area contributed by atoms with Crippen molar-refractivity contribution in [3.8, 4) is 0 Å². The Labute approximate surface area is 198 Å². The normalized spacial score (nSPS) is 18.4. The SMILES string of the molecule is CCOCCC1(CNC(=NC)NCc2ccc(N3CCCC3=O)cc2)CCCC1.I. The van der Waals surface area contributed by atoms with Crippen LogP contribution in [0.15, 0.2) is 29.3 Å². The van der Waals surface area contributed by atoms with Crippen molar-refractivity contribution in [3.63, 3.8) is 0 Å². The van der Waals surface area contributed by atoms with E-state index in [9.17, 15) is 4.79 Å². The van der Waals surface area contributed by atoms with Crippen molar-refractivity contribution in [2.24, 2.45) is 10.4 Å². The van der Waals surface area contributed by atoms with Crippen LogP contribution in [0.1, 0.15) is 57.4 Å². The van der Waals surface area contributed by atoms with E-state index in [4.69, 9.17) is 4.74 Å². The molecular weight excluding hydrogens is 491 g/mol. The second kappa shape index (κ2) is 12.5. The largest absolute Gasteiger partial charge is 0.382 e. The van der Waals surface area contributed by atoms with Crippen molar-refractivity contribution in [1.29, 1.82) is 0 Å². The highest BCUT2D eigenvalue weighted by Crippen LogP contribution is 2.40. The molecule has 3 rings (SSSR count). The van der Waals surface area contributed by atoms with E-state index in [1.165, 1.54) is 31.2 Å². The van der Waals surface area contributed by atoms with E-state index in [2.05, 4.69) is 34.7 Å². The Hall–Kier alpha value is -1.35. The van der Waals surface area contributed by atoms with E-state index in [1.54, 1.807) is 0 Å². The summed E-state index contributed by atoms with van der Waals surface area (Å²) >= 11 is 0. The maximum absolute atomic E-state index is 11.9. The second-order valence-electron chi connectivity index (χ2n) is 8.25. The zero-order valence-corrected chi connectivity index (χ0v) is 20.7. The second-order valence-corrected chi connectivity index (χ2v) is 8.25. The predicted molar refractivity (Wildman–Crippen MR) is 134 cm³/mol. The molecule has 0 spiro atoms. The number of carbonyl (C=O) groups is 1. The summed E-state index contributed by atoms with van der Waals surface area (Å²) in [7, 11) is 1.82. The number of anilines is 1. The summed E-state index contributed by atoms with van der Waals surface area (Å²) in [5.41, 5.74) is 2.50. The summed E-state index contributed by atoms with van der Waals surface area (Å²) < 4.78 is 5.61. The van der Waals surface area contributed by atoms with Crippen molar-refractivity contribution in [1.82, 2.24) is 10.6 Å². The number of amides is 1. The Kier molecular flexibility index (Phi) is 10.4. The van der Waals surface area contributed by atoms with Crippen LogP contribution in [0.5, 0.6) is 0 Å². The van der Waals surface area contributed by atoms with Gasteiger partial charge in [-0.25, -0.2) is 0 Å². The molecule has 1 heterocycles. The summed E-state index contributed by atoms with van der Waals surface area (Å²) in [4.78, 5) is 18.2. The molecule has 2 aliphatic rings. The van der Waals surface area contributed by atoms with Crippen LogP contribution < -0.4 is 15.5 Å². The van der Waals surface area contributed by atoms with Crippen molar-refractivity contribution in [3.05, 3.63) is 29.8 Å². The molecule has 1 aromatic rings.